The fourth-order valence-electron chi connectivity index (χ4n) is 2.95. The van der Waals surface area contributed by atoms with Crippen molar-refractivity contribution in [3.63, 3.8) is 0 Å². The smallest absolute Gasteiger partial charge is 0.321 e. The van der Waals surface area contributed by atoms with Gasteiger partial charge in [-0.1, -0.05) is 0 Å². The number of hydrogen-bond donors (Lipinski definition) is 1. The minimum absolute atomic E-state index is 0.0290. The number of nitrogens with one attached hydrogen (secondary N) is 1. The van der Waals surface area contributed by atoms with Crippen molar-refractivity contribution < 1.29 is 18.0 Å². The molecule has 8 heteroatoms. The number of carbonyl (C=O) groups is 2. The molecule has 2 heterocycles. The molecule has 3 rings (SSSR count). The second-order valence-corrected chi connectivity index (χ2v) is 8.13. The molecule has 0 aromatic heterocycles. The second-order valence-electron chi connectivity index (χ2n) is 5.90. The van der Waals surface area contributed by atoms with Gasteiger partial charge in [0, 0.05) is 37.4 Å². The van der Waals surface area contributed by atoms with Gasteiger partial charge in [-0.2, -0.15) is 0 Å². The van der Waals surface area contributed by atoms with Crippen LogP contribution in [0.15, 0.2) is 24.3 Å². The Labute approximate surface area is 135 Å². The molecule has 2 aliphatic heterocycles. The summed E-state index contributed by atoms with van der Waals surface area (Å²) in [5.74, 6) is -0.0379. The Bertz CT molecular complexity index is 730. The highest BCUT2D eigenvalue weighted by Crippen LogP contribution is 2.21. The van der Waals surface area contributed by atoms with Gasteiger partial charge in [0.1, 0.15) is 0 Å². The molecule has 2 fully saturated rings. The van der Waals surface area contributed by atoms with Gasteiger partial charge in [0.15, 0.2) is 9.84 Å². The lowest BCUT2D eigenvalue weighted by molar-refractivity contribution is 0.0747. The highest BCUT2D eigenvalue weighted by molar-refractivity contribution is 7.91. The molecule has 0 aliphatic carbocycles. The second kappa shape index (κ2) is 5.84. The van der Waals surface area contributed by atoms with E-state index in [1.807, 2.05) is 0 Å². The van der Waals surface area contributed by atoms with E-state index in [9.17, 15) is 18.0 Å². The van der Waals surface area contributed by atoms with Crippen LogP contribution in [0, 0.1) is 0 Å². The molecule has 2 aliphatic rings. The lowest BCUT2D eigenvalue weighted by Crippen LogP contribution is -2.37. The Balaban J connectivity index is 1.71. The van der Waals surface area contributed by atoms with Crippen LogP contribution in [0.4, 0.5) is 10.5 Å². The van der Waals surface area contributed by atoms with Crippen molar-refractivity contribution in [3.8, 4) is 0 Å². The van der Waals surface area contributed by atoms with E-state index >= 15 is 0 Å². The number of benzene rings is 1. The van der Waals surface area contributed by atoms with E-state index in [1.165, 1.54) is 4.90 Å². The highest BCUT2D eigenvalue weighted by Gasteiger charge is 2.33. The van der Waals surface area contributed by atoms with Crippen LogP contribution in [0.3, 0.4) is 0 Å². The van der Waals surface area contributed by atoms with Gasteiger partial charge in [0.05, 0.1) is 11.5 Å². The number of hydrogen-bond acceptors (Lipinski definition) is 4. The fraction of sp³-hybridized carbons (Fsp3) is 0.467. The first-order valence-electron chi connectivity index (χ1n) is 7.50. The van der Waals surface area contributed by atoms with E-state index < -0.39 is 9.84 Å². The third kappa shape index (κ3) is 3.17. The Morgan fingerprint density at radius 1 is 1.30 bits per heavy atom. The maximum Gasteiger partial charge on any atom is 0.321 e. The molecule has 1 aromatic rings. The normalized spacial score (nSPS) is 22.9. The minimum atomic E-state index is -3.03. The molecule has 2 saturated heterocycles. The summed E-state index contributed by atoms with van der Waals surface area (Å²) in [5.41, 5.74) is 1.22. The third-order valence-corrected chi connectivity index (χ3v) is 6.11. The molecule has 1 N–H and O–H groups in total. The third-order valence-electron chi connectivity index (χ3n) is 4.36. The van der Waals surface area contributed by atoms with Gasteiger partial charge in [0.25, 0.3) is 5.91 Å². The van der Waals surface area contributed by atoms with Crippen molar-refractivity contribution >= 4 is 27.5 Å². The van der Waals surface area contributed by atoms with Gasteiger partial charge in [-0.15, -0.1) is 0 Å². The number of sulfone groups is 1. The molecule has 23 heavy (non-hydrogen) atoms. The molecule has 0 spiro atoms. The molecule has 0 bridgehead atoms. The Hall–Kier alpha value is -2.09. The summed E-state index contributed by atoms with van der Waals surface area (Å²) in [7, 11) is -1.39. The zero-order chi connectivity index (χ0) is 16.6. The number of anilines is 1. The standard InChI is InChI=1S/C15H19N3O4S/c1-17(13-6-9-23(21,22)10-13)14(19)11-2-4-12(5-3-11)18-8-7-16-15(18)20/h2-5,13H,6-10H2,1H3,(H,16,20)/t13-/m1/s1. The summed E-state index contributed by atoms with van der Waals surface area (Å²) in [6.45, 7) is 1.21. The first-order valence-corrected chi connectivity index (χ1v) is 9.32. The van der Waals surface area contributed by atoms with Crippen LogP contribution < -0.4 is 10.2 Å². The van der Waals surface area contributed by atoms with Crippen molar-refractivity contribution in [1.82, 2.24) is 10.2 Å². The van der Waals surface area contributed by atoms with Gasteiger partial charge < -0.3 is 10.2 Å². The SMILES string of the molecule is CN(C(=O)c1ccc(N2CCNC2=O)cc1)[C@@H]1CCS(=O)(=O)C1. The highest BCUT2D eigenvalue weighted by atomic mass is 32.2. The summed E-state index contributed by atoms with van der Waals surface area (Å²) in [6.07, 6.45) is 0.483. The quantitative estimate of drug-likeness (QED) is 0.869. The van der Waals surface area contributed by atoms with Crippen LogP contribution in [0.5, 0.6) is 0 Å². The molecule has 1 atom stereocenters. The van der Waals surface area contributed by atoms with Crippen molar-refractivity contribution in [3.05, 3.63) is 29.8 Å². The van der Waals surface area contributed by atoms with Gasteiger partial charge in [0.2, 0.25) is 0 Å². The minimum Gasteiger partial charge on any atom is -0.338 e. The van der Waals surface area contributed by atoms with Gasteiger partial charge in [-0.3, -0.25) is 9.69 Å². The van der Waals surface area contributed by atoms with E-state index in [0.29, 0.717) is 25.1 Å². The zero-order valence-corrected chi connectivity index (χ0v) is 13.7. The van der Waals surface area contributed by atoms with Gasteiger partial charge >= 0.3 is 6.03 Å². The van der Waals surface area contributed by atoms with Gasteiger partial charge in [-0.05, 0) is 30.7 Å². The first kappa shape index (κ1) is 15.8. The van der Waals surface area contributed by atoms with E-state index in [4.69, 9.17) is 0 Å². The van der Waals surface area contributed by atoms with Gasteiger partial charge in [-0.25, -0.2) is 13.2 Å². The molecule has 0 unspecified atom stereocenters. The zero-order valence-electron chi connectivity index (χ0n) is 12.9. The van der Waals surface area contributed by atoms with Crippen molar-refractivity contribution in [2.45, 2.75) is 12.5 Å². The van der Waals surface area contributed by atoms with Crippen LogP contribution >= 0.6 is 0 Å². The van der Waals surface area contributed by atoms with E-state index in [2.05, 4.69) is 5.32 Å². The van der Waals surface area contributed by atoms with Crippen molar-refractivity contribution in [2.75, 3.05) is 36.5 Å². The Morgan fingerprint density at radius 2 is 2.00 bits per heavy atom. The summed E-state index contributed by atoms with van der Waals surface area (Å²) in [6, 6.07) is 6.40. The van der Waals surface area contributed by atoms with Crippen molar-refractivity contribution in [2.24, 2.45) is 0 Å². The summed E-state index contributed by atoms with van der Waals surface area (Å²) in [5, 5.41) is 2.72. The predicted octanol–water partition coefficient (Wildman–Crippen LogP) is 0.475. The average Bonchev–Trinajstić information content (AvgIpc) is 3.11. The van der Waals surface area contributed by atoms with E-state index in [0.717, 1.165) is 5.69 Å². The summed E-state index contributed by atoms with van der Waals surface area (Å²) in [4.78, 5) is 27.2. The lowest BCUT2D eigenvalue weighted by Gasteiger charge is -2.23. The number of rotatable bonds is 3. The molecule has 7 nitrogen and oxygen atoms in total. The van der Waals surface area contributed by atoms with Crippen LogP contribution in [0.2, 0.25) is 0 Å². The number of amides is 3. The lowest BCUT2D eigenvalue weighted by atomic mass is 10.1. The monoisotopic (exact) mass is 337 g/mol. The van der Waals surface area contributed by atoms with Crippen LogP contribution in [-0.2, 0) is 9.84 Å². The molecular weight excluding hydrogens is 318 g/mol. The topological polar surface area (TPSA) is 86.8 Å². The van der Waals surface area contributed by atoms with Crippen LogP contribution in [0.1, 0.15) is 16.8 Å². The maximum atomic E-state index is 12.5. The average molecular weight is 337 g/mol. The summed E-state index contributed by atoms with van der Waals surface area (Å²) >= 11 is 0. The molecule has 124 valence electrons. The van der Waals surface area contributed by atoms with Crippen LogP contribution in [-0.4, -0.2) is 62.9 Å². The largest absolute Gasteiger partial charge is 0.338 e. The Kier molecular flexibility index (Phi) is 4.01. The maximum absolute atomic E-state index is 12.5. The Morgan fingerprint density at radius 3 is 2.52 bits per heavy atom. The first-order chi connectivity index (χ1) is 10.9. The molecule has 0 radical (unpaired) electrons. The fourth-order valence-corrected chi connectivity index (χ4v) is 4.73. The molecular formula is C15H19N3O4S. The number of urea groups is 1. The number of nitrogens with zero attached hydrogens (tertiary/aromatic N) is 2. The van der Waals surface area contributed by atoms with E-state index in [-0.39, 0.29) is 29.5 Å². The predicted molar refractivity (Wildman–Crippen MR) is 86.3 cm³/mol. The molecule has 0 saturated carbocycles. The number of carbonyl (C=O) groups excluding carboxylic acids is 2. The van der Waals surface area contributed by atoms with Crippen LogP contribution in [0.25, 0.3) is 0 Å². The van der Waals surface area contributed by atoms with E-state index in [1.54, 1.807) is 36.2 Å². The van der Waals surface area contributed by atoms with Crippen molar-refractivity contribution in [1.29, 1.82) is 0 Å². The molecule has 3 amide bonds. The summed E-state index contributed by atoms with van der Waals surface area (Å²) < 4.78 is 23.1. The molecule has 1 aromatic carbocycles.